The van der Waals surface area contributed by atoms with Gasteiger partial charge in [0.1, 0.15) is 5.75 Å². The second kappa shape index (κ2) is 8.02. The van der Waals surface area contributed by atoms with E-state index in [1.54, 1.807) is 24.3 Å². The molecule has 0 saturated heterocycles. The SMILES string of the molecule is CC[C@@H](Oc1cccc(Cl)c1)C(=O)N[C@@H](C)c1ccc(C)cc1. The summed E-state index contributed by atoms with van der Waals surface area (Å²) in [4.78, 5) is 12.4. The minimum atomic E-state index is -0.540. The molecule has 0 heterocycles. The van der Waals surface area contributed by atoms with Gasteiger partial charge in [-0.3, -0.25) is 4.79 Å². The Kier molecular flexibility index (Phi) is 6.05. The van der Waals surface area contributed by atoms with E-state index in [2.05, 4.69) is 5.32 Å². The minimum Gasteiger partial charge on any atom is -0.481 e. The maximum absolute atomic E-state index is 12.4. The molecule has 0 radical (unpaired) electrons. The third kappa shape index (κ3) is 5.00. The van der Waals surface area contributed by atoms with Gasteiger partial charge in [-0.05, 0) is 44.0 Å². The van der Waals surface area contributed by atoms with Crippen LogP contribution in [-0.2, 0) is 4.79 Å². The van der Waals surface area contributed by atoms with Crippen LogP contribution in [0.25, 0.3) is 0 Å². The summed E-state index contributed by atoms with van der Waals surface area (Å²) in [6.07, 6.45) is 0.0419. The monoisotopic (exact) mass is 331 g/mol. The molecule has 0 aliphatic rings. The standard InChI is InChI=1S/C19H22ClNO2/c1-4-18(23-17-7-5-6-16(20)12-17)19(22)21-14(3)15-10-8-13(2)9-11-15/h5-12,14,18H,4H2,1-3H3,(H,21,22)/t14-,18+/m0/s1. The van der Waals surface area contributed by atoms with Crippen LogP contribution in [-0.4, -0.2) is 12.0 Å². The lowest BCUT2D eigenvalue weighted by molar-refractivity contribution is -0.128. The summed E-state index contributed by atoms with van der Waals surface area (Å²) in [6, 6.07) is 15.1. The fourth-order valence-electron chi connectivity index (χ4n) is 2.27. The van der Waals surface area contributed by atoms with Gasteiger partial charge in [0.15, 0.2) is 6.10 Å². The van der Waals surface area contributed by atoms with E-state index >= 15 is 0 Å². The topological polar surface area (TPSA) is 38.3 Å². The average Bonchev–Trinajstić information content (AvgIpc) is 2.53. The first-order valence-electron chi connectivity index (χ1n) is 7.78. The van der Waals surface area contributed by atoms with Gasteiger partial charge in [0, 0.05) is 5.02 Å². The largest absolute Gasteiger partial charge is 0.481 e. The number of halogens is 1. The molecule has 0 aliphatic heterocycles. The molecule has 0 fully saturated rings. The number of aryl methyl sites for hydroxylation is 1. The van der Waals surface area contributed by atoms with Crippen molar-refractivity contribution in [2.75, 3.05) is 0 Å². The van der Waals surface area contributed by atoms with E-state index in [0.717, 1.165) is 5.56 Å². The summed E-state index contributed by atoms with van der Waals surface area (Å²) in [5.74, 6) is 0.475. The fourth-order valence-corrected chi connectivity index (χ4v) is 2.45. The van der Waals surface area contributed by atoms with Crippen molar-refractivity contribution in [2.24, 2.45) is 0 Å². The van der Waals surface area contributed by atoms with Crippen LogP contribution < -0.4 is 10.1 Å². The van der Waals surface area contributed by atoms with Crippen LogP contribution in [0.15, 0.2) is 48.5 Å². The van der Waals surface area contributed by atoms with Crippen molar-refractivity contribution in [3.05, 3.63) is 64.7 Å². The number of carbonyl (C=O) groups is 1. The number of amides is 1. The summed E-state index contributed by atoms with van der Waals surface area (Å²) in [5, 5.41) is 3.59. The van der Waals surface area contributed by atoms with Crippen LogP contribution in [0, 0.1) is 6.92 Å². The Balaban J connectivity index is 2.00. The van der Waals surface area contributed by atoms with Gasteiger partial charge >= 0.3 is 0 Å². The van der Waals surface area contributed by atoms with E-state index in [1.807, 2.05) is 45.0 Å². The first kappa shape index (κ1) is 17.4. The van der Waals surface area contributed by atoms with Gasteiger partial charge in [-0.2, -0.15) is 0 Å². The molecule has 0 saturated carbocycles. The molecule has 122 valence electrons. The molecular formula is C19H22ClNO2. The third-order valence-corrected chi connectivity index (χ3v) is 3.91. The summed E-state index contributed by atoms with van der Waals surface area (Å²) < 4.78 is 5.77. The van der Waals surface area contributed by atoms with Crippen molar-refractivity contribution in [3.8, 4) is 5.75 Å². The zero-order valence-electron chi connectivity index (χ0n) is 13.7. The highest BCUT2D eigenvalue weighted by atomic mass is 35.5. The number of ether oxygens (including phenoxy) is 1. The number of nitrogens with one attached hydrogen (secondary N) is 1. The molecule has 23 heavy (non-hydrogen) atoms. The van der Waals surface area contributed by atoms with E-state index in [4.69, 9.17) is 16.3 Å². The van der Waals surface area contributed by atoms with Crippen molar-refractivity contribution >= 4 is 17.5 Å². The summed E-state index contributed by atoms with van der Waals surface area (Å²) in [6.45, 7) is 5.93. The van der Waals surface area contributed by atoms with Crippen LogP contribution in [0.2, 0.25) is 5.02 Å². The lowest BCUT2D eigenvalue weighted by Gasteiger charge is -2.21. The van der Waals surface area contributed by atoms with Crippen LogP contribution in [0.1, 0.15) is 37.4 Å². The van der Waals surface area contributed by atoms with Gasteiger partial charge in [0.2, 0.25) is 0 Å². The van der Waals surface area contributed by atoms with Crippen molar-refractivity contribution < 1.29 is 9.53 Å². The zero-order chi connectivity index (χ0) is 16.8. The molecule has 0 bridgehead atoms. The van der Waals surface area contributed by atoms with Gasteiger partial charge in [0.05, 0.1) is 6.04 Å². The number of hydrogen-bond acceptors (Lipinski definition) is 2. The molecule has 3 nitrogen and oxygen atoms in total. The summed E-state index contributed by atoms with van der Waals surface area (Å²) in [5.41, 5.74) is 2.27. The van der Waals surface area contributed by atoms with Crippen LogP contribution >= 0.6 is 11.6 Å². The lowest BCUT2D eigenvalue weighted by Crippen LogP contribution is -2.39. The summed E-state index contributed by atoms with van der Waals surface area (Å²) >= 11 is 5.95. The second-order valence-corrected chi connectivity index (χ2v) is 6.05. The molecule has 1 amide bonds. The normalized spacial score (nSPS) is 13.2. The highest BCUT2D eigenvalue weighted by molar-refractivity contribution is 6.30. The van der Waals surface area contributed by atoms with E-state index in [9.17, 15) is 4.79 Å². The molecule has 2 aromatic carbocycles. The predicted molar refractivity (Wildman–Crippen MR) is 93.9 cm³/mol. The minimum absolute atomic E-state index is 0.0693. The van der Waals surface area contributed by atoms with Crippen LogP contribution in [0.5, 0.6) is 5.75 Å². The molecule has 0 aliphatic carbocycles. The molecular weight excluding hydrogens is 310 g/mol. The van der Waals surface area contributed by atoms with Crippen LogP contribution in [0.3, 0.4) is 0 Å². The molecule has 4 heteroatoms. The Morgan fingerprint density at radius 1 is 1.22 bits per heavy atom. The molecule has 0 aromatic heterocycles. The zero-order valence-corrected chi connectivity index (χ0v) is 14.4. The van der Waals surface area contributed by atoms with Gasteiger partial charge in [-0.25, -0.2) is 0 Å². The smallest absolute Gasteiger partial charge is 0.261 e. The fraction of sp³-hybridized carbons (Fsp3) is 0.316. The molecule has 1 N–H and O–H groups in total. The number of rotatable bonds is 6. The molecule has 2 aromatic rings. The third-order valence-electron chi connectivity index (χ3n) is 3.67. The van der Waals surface area contributed by atoms with E-state index in [-0.39, 0.29) is 11.9 Å². The van der Waals surface area contributed by atoms with Gasteiger partial charge in [0.25, 0.3) is 5.91 Å². The first-order valence-corrected chi connectivity index (χ1v) is 8.16. The molecule has 2 rings (SSSR count). The Labute approximate surface area is 142 Å². The van der Waals surface area contributed by atoms with Crippen molar-refractivity contribution in [2.45, 2.75) is 39.3 Å². The average molecular weight is 332 g/mol. The summed E-state index contributed by atoms with van der Waals surface area (Å²) in [7, 11) is 0. The second-order valence-electron chi connectivity index (χ2n) is 5.61. The Morgan fingerprint density at radius 2 is 1.91 bits per heavy atom. The molecule has 0 unspecified atom stereocenters. The van der Waals surface area contributed by atoms with Gasteiger partial charge in [-0.15, -0.1) is 0 Å². The van der Waals surface area contributed by atoms with Gasteiger partial charge in [-0.1, -0.05) is 54.4 Å². The van der Waals surface area contributed by atoms with Crippen molar-refractivity contribution in [3.63, 3.8) is 0 Å². The highest BCUT2D eigenvalue weighted by Gasteiger charge is 2.20. The Hall–Kier alpha value is -2.00. The predicted octanol–water partition coefficient (Wildman–Crippen LogP) is 4.68. The number of carbonyl (C=O) groups excluding carboxylic acids is 1. The van der Waals surface area contributed by atoms with Gasteiger partial charge < -0.3 is 10.1 Å². The van der Waals surface area contributed by atoms with E-state index in [1.165, 1.54) is 5.56 Å². The molecule has 2 atom stereocenters. The van der Waals surface area contributed by atoms with E-state index < -0.39 is 6.10 Å². The quantitative estimate of drug-likeness (QED) is 0.834. The first-order chi connectivity index (χ1) is 11.0. The lowest BCUT2D eigenvalue weighted by atomic mass is 10.1. The number of benzene rings is 2. The maximum Gasteiger partial charge on any atom is 0.261 e. The Morgan fingerprint density at radius 3 is 2.52 bits per heavy atom. The molecule has 0 spiro atoms. The number of hydrogen-bond donors (Lipinski definition) is 1. The van der Waals surface area contributed by atoms with Crippen LogP contribution in [0.4, 0.5) is 0 Å². The Bertz CT molecular complexity index is 655. The maximum atomic E-state index is 12.4. The highest BCUT2D eigenvalue weighted by Crippen LogP contribution is 2.20. The van der Waals surface area contributed by atoms with E-state index in [0.29, 0.717) is 17.2 Å². The van der Waals surface area contributed by atoms with Crippen molar-refractivity contribution in [1.82, 2.24) is 5.32 Å². The van der Waals surface area contributed by atoms with Crippen molar-refractivity contribution in [1.29, 1.82) is 0 Å².